The van der Waals surface area contributed by atoms with Gasteiger partial charge in [0.2, 0.25) is 0 Å². The molecule has 1 aliphatic heterocycles. The number of benzene rings is 1. The molecular weight excluding hydrogens is 294 g/mol. The first kappa shape index (κ1) is 13.7. The highest BCUT2D eigenvalue weighted by Gasteiger charge is 2.36. The number of carboxylic acid groups (broad SMARTS) is 1. The van der Waals surface area contributed by atoms with Crippen LogP contribution in [0.15, 0.2) is 39.5 Å². The zero-order valence-electron chi connectivity index (χ0n) is 10.8. The summed E-state index contributed by atoms with van der Waals surface area (Å²) in [6.07, 6.45) is 0. The van der Waals surface area contributed by atoms with Gasteiger partial charge in [0.15, 0.2) is 11.2 Å². The lowest BCUT2D eigenvalue weighted by atomic mass is 10.2. The number of carbonyl (C=O) groups excluding carboxylic acids is 1. The highest BCUT2D eigenvalue weighted by Crippen LogP contribution is 2.24. The molecule has 21 heavy (non-hydrogen) atoms. The predicted molar refractivity (Wildman–Crippen MR) is 77.4 cm³/mol. The first-order valence-electron chi connectivity index (χ1n) is 6.22. The molecule has 0 unspecified atom stereocenters. The third-order valence-corrected chi connectivity index (χ3v) is 4.29. The van der Waals surface area contributed by atoms with Crippen LogP contribution in [0.5, 0.6) is 0 Å². The van der Waals surface area contributed by atoms with E-state index in [2.05, 4.69) is 0 Å². The van der Waals surface area contributed by atoms with Gasteiger partial charge in [0.25, 0.3) is 5.91 Å². The van der Waals surface area contributed by atoms with Crippen LogP contribution in [-0.2, 0) is 4.79 Å². The second-order valence-corrected chi connectivity index (χ2v) is 5.60. The van der Waals surface area contributed by atoms with Gasteiger partial charge in [-0.05, 0) is 12.1 Å². The second kappa shape index (κ2) is 5.25. The molecule has 1 aromatic carbocycles. The molecular formula is C14H11NO5S. The van der Waals surface area contributed by atoms with Crippen molar-refractivity contribution in [3.05, 3.63) is 46.3 Å². The van der Waals surface area contributed by atoms with E-state index in [1.54, 1.807) is 24.3 Å². The monoisotopic (exact) mass is 305 g/mol. The molecule has 0 aliphatic carbocycles. The number of amides is 1. The van der Waals surface area contributed by atoms with Crippen LogP contribution in [0.2, 0.25) is 0 Å². The molecule has 0 saturated carbocycles. The van der Waals surface area contributed by atoms with Crippen molar-refractivity contribution in [1.29, 1.82) is 0 Å². The van der Waals surface area contributed by atoms with Crippen LogP contribution in [0.1, 0.15) is 10.6 Å². The molecule has 0 radical (unpaired) electrons. The lowest BCUT2D eigenvalue weighted by Crippen LogP contribution is -2.41. The number of carboxylic acids is 1. The zero-order chi connectivity index (χ0) is 15.0. The third-order valence-electron chi connectivity index (χ3n) is 3.27. The Bertz CT molecular complexity index is 784. The minimum atomic E-state index is -1.06. The Balaban J connectivity index is 2.02. The second-order valence-electron chi connectivity index (χ2n) is 4.60. The number of para-hydroxylation sites is 1. The number of carbonyl (C=O) groups is 2. The van der Waals surface area contributed by atoms with Crippen molar-refractivity contribution in [3.63, 3.8) is 0 Å². The minimum Gasteiger partial charge on any atom is -0.480 e. The van der Waals surface area contributed by atoms with Crippen LogP contribution >= 0.6 is 11.8 Å². The number of hydrogen-bond acceptors (Lipinski definition) is 5. The molecule has 3 rings (SSSR count). The maximum Gasteiger partial charge on any atom is 0.327 e. The standard InChI is InChI=1S/C14H11NO5S/c16-10-5-12(20-11-4-2-1-3-8(10)11)13(17)15-7-21-6-9(15)14(18)19/h1-5,9H,6-7H2,(H,18,19)/t9-/m0/s1. The Morgan fingerprint density at radius 2 is 2.10 bits per heavy atom. The van der Waals surface area contributed by atoms with Crippen LogP contribution in [0.25, 0.3) is 11.0 Å². The van der Waals surface area contributed by atoms with Crippen LogP contribution < -0.4 is 5.43 Å². The average molecular weight is 305 g/mol. The van der Waals surface area contributed by atoms with Gasteiger partial charge in [-0.1, -0.05) is 12.1 Å². The normalized spacial score (nSPS) is 18.1. The van der Waals surface area contributed by atoms with E-state index in [-0.39, 0.29) is 17.1 Å². The van der Waals surface area contributed by atoms with Crippen molar-refractivity contribution >= 4 is 34.6 Å². The zero-order valence-corrected chi connectivity index (χ0v) is 11.6. The van der Waals surface area contributed by atoms with Crippen molar-refractivity contribution < 1.29 is 19.1 Å². The Morgan fingerprint density at radius 3 is 2.86 bits per heavy atom. The van der Waals surface area contributed by atoms with E-state index in [9.17, 15) is 14.4 Å². The number of nitrogens with zero attached hydrogens (tertiary/aromatic N) is 1. The van der Waals surface area contributed by atoms with Crippen molar-refractivity contribution in [3.8, 4) is 0 Å². The van der Waals surface area contributed by atoms with Gasteiger partial charge in [0.1, 0.15) is 11.6 Å². The number of fused-ring (bicyclic) bond motifs is 1. The van der Waals surface area contributed by atoms with E-state index in [4.69, 9.17) is 9.52 Å². The van der Waals surface area contributed by atoms with Crippen molar-refractivity contribution in [2.24, 2.45) is 0 Å². The van der Waals surface area contributed by atoms with Crippen LogP contribution in [0.3, 0.4) is 0 Å². The SMILES string of the molecule is O=C(O)[C@@H]1CSCN1C(=O)c1cc(=O)c2ccccc2o1. The first-order chi connectivity index (χ1) is 10.1. The largest absolute Gasteiger partial charge is 0.480 e. The third kappa shape index (κ3) is 2.40. The fraction of sp³-hybridized carbons (Fsp3) is 0.214. The molecule has 7 heteroatoms. The molecule has 1 aromatic heterocycles. The maximum absolute atomic E-state index is 12.4. The Kier molecular flexibility index (Phi) is 3.42. The molecule has 2 aromatic rings. The average Bonchev–Trinajstić information content (AvgIpc) is 2.96. The smallest absolute Gasteiger partial charge is 0.327 e. The van der Waals surface area contributed by atoms with E-state index < -0.39 is 17.9 Å². The minimum absolute atomic E-state index is 0.132. The quantitative estimate of drug-likeness (QED) is 0.902. The molecule has 1 saturated heterocycles. The van der Waals surface area contributed by atoms with Gasteiger partial charge in [0, 0.05) is 11.8 Å². The van der Waals surface area contributed by atoms with Gasteiger partial charge in [-0.3, -0.25) is 9.59 Å². The number of thioether (sulfide) groups is 1. The predicted octanol–water partition coefficient (Wildman–Crippen LogP) is 1.39. The summed E-state index contributed by atoms with van der Waals surface area (Å²) in [4.78, 5) is 36.7. The van der Waals surface area contributed by atoms with Crippen LogP contribution in [0.4, 0.5) is 0 Å². The number of rotatable bonds is 2. The van der Waals surface area contributed by atoms with Gasteiger partial charge in [-0.2, -0.15) is 0 Å². The Hall–Kier alpha value is -2.28. The Labute approximate surface area is 123 Å². The highest BCUT2D eigenvalue weighted by molar-refractivity contribution is 7.99. The molecule has 1 aliphatic rings. The lowest BCUT2D eigenvalue weighted by Gasteiger charge is -2.19. The summed E-state index contributed by atoms with van der Waals surface area (Å²) in [5, 5.41) is 9.49. The number of hydrogen-bond donors (Lipinski definition) is 1. The fourth-order valence-electron chi connectivity index (χ4n) is 2.20. The molecule has 2 heterocycles. The summed E-state index contributed by atoms with van der Waals surface area (Å²) in [5.74, 6) is -1.16. The van der Waals surface area contributed by atoms with Gasteiger partial charge < -0.3 is 14.4 Å². The summed E-state index contributed by atoms with van der Waals surface area (Å²) in [5.41, 5.74) is -0.00833. The van der Waals surface area contributed by atoms with E-state index in [0.717, 1.165) is 6.07 Å². The molecule has 1 atom stereocenters. The summed E-state index contributed by atoms with van der Waals surface area (Å²) >= 11 is 1.35. The fourth-order valence-corrected chi connectivity index (χ4v) is 3.34. The number of aliphatic carboxylic acids is 1. The molecule has 0 bridgehead atoms. The summed E-state index contributed by atoms with van der Waals surface area (Å²) in [7, 11) is 0. The van der Waals surface area contributed by atoms with E-state index in [1.807, 2.05) is 0 Å². The molecule has 1 N–H and O–H groups in total. The van der Waals surface area contributed by atoms with Crippen molar-refractivity contribution in [1.82, 2.24) is 4.90 Å². The first-order valence-corrected chi connectivity index (χ1v) is 7.38. The van der Waals surface area contributed by atoms with Gasteiger partial charge in [0.05, 0.1) is 11.3 Å². The highest BCUT2D eigenvalue weighted by atomic mass is 32.2. The summed E-state index contributed by atoms with van der Waals surface area (Å²) in [6.45, 7) is 0. The van der Waals surface area contributed by atoms with E-state index in [0.29, 0.717) is 16.7 Å². The topological polar surface area (TPSA) is 87.8 Å². The summed E-state index contributed by atoms with van der Waals surface area (Å²) in [6, 6.07) is 6.84. The van der Waals surface area contributed by atoms with Gasteiger partial charge >= 0.3 is 5.97 Å². The molecule has 0 spiro atoms. The van der Waals surface area contributed by atoms with E-state index in [1.165, 1.54) is 16.7 Å². The van der Waals surface area contributed by atoms with Crippen molar-refractivity contribution in [2.45, 2.75) is 6.04 Å². The van der Waals surface area contributed by atoms with Crippen LogP contribution in [0, 0.1) is 0 Å². The maximum atomic E-state index is 12.4. The summed E-state index contributed by atoms with van der Waals surface area (Å²) < 4.78 is 5.45. The van der Waals surface area contributed by atoms with Crippen molar-refractivity contribution in [2.75, 3.05) is 11.6 Å². The molecule has 1 fully saturated rings. The Morgan fingerprint density at radius 1 is 1.33 bits per heavy atom. The van der Waals surface area contributed by atoms with Gasteiger partial charge in [-0.25, -0.2) is 4.79 Å². The van der Waals surface area contributed by atoms with E-state index >= 15 is 0 Å². The lowest BCUT2D eigenvalue weighted by molar-refractivity contribution is -0.140. The van der Waals surface area contributed by atoms with Crippen LogP contribution in [-0.4, -0.2) is 39.6 Å². The van der Waals surface area contributed by atoms with Gasteiger partial charge in [-0.15, -0.1) is 11.8 Å². The molecule has 6 nitrogen and oxygen atoms in total. The molecule has 108 valence electrons. The molecule has 1 amide bonds.